The SMILES string of the molecule is CC(C)[C@H](NC(=O)CCCN(C)C1=NS(=O)(=O)c2ccccc21)C(=O)O. The summed E-state index contributed by atoms with van der Waals surface area (Å²) in [6.45, 7) is 3.86. The fourth-order valence-corrected chi connectivity index (χ4v) is 3.96. The number of sulfonamides is 1. The van der Waals surface area contributed by atoms with Crippen molar-refractivity contribution in [1.82, 2.24) is 10.2 Å². The molecule has 1 aliphatic rings. The van der Waals surface area contributed by atoms with E-state index in [0.717, 1.165) is 0 Å². The van der Waals surface area contributed by atoms with Gasteiger partial charge >= 0.3 is 5.97 Å². The average molecular weight is 381 g/mol. The van der Waals surface area contributed by atoms with E-state index in [2.05, 4.69) is 9.71 Å². The number of amidine groups is 1. The topological polar surface area (TPSA) is 116 Å². The van der Waals surface area contributed by atoms with Gasteiger partial charge in [-0.3, -0.25) is 4.79 Å². The highest BCUT2D eigenvalue weighted by molar-refractivity contribution is 7.90. The maximum Gasteiger partial charge on any atom is 0.326 e. The van der Waals surface area contributed by atoms with Crippen LogP contribution in [0.25, 0.3) is 0 Å². The summed E-state index contributed by atoms with van der Waals surface area (Å²) in [5.74, 6) is -1.27. The van der Waals surface area contributed by atoms with E-state index in [1.807, 2.05) is 0 Å². The van der Waals surface area contributed by atoms with E-state index in [4.69, 9.17) is 5.11 Å². The highest BCUT2D eigenvalue weighted by Crippen LogP contribution is 2.26. The molecule has 26 heavy (non-hydrogen) atoms. The van der Waals surface area contributed by atoms with Crippen LogP contribution in [0, 0.1) is 5.92 Å². The molecule has 1 atom stereocenters. The lowest BCUT2D eigenvalue weighted by Crippen LogP contribution is -2.44. The van der Waals surface area contributed by atoms with Crippen molar-refractivity contribution >= 4 is 27.7 Å². The molecule has 1 aromatic carbocycles. The fourth-order valence-electron chi connectivity index (χ4n) is 2.71. The lowest BCUT2D eigenvalue weighted by atomic mass is 10.0. The van der Waals surface area contributed by atoms with Crippen LogP contribution in [0.1, 0.15) is 32.3 Å². The molecule has 0 saturated carbocycles. The second-order valence-corrected chi connectivity index (χ2v) is 8.11. The van der Waals surface area contributed by atoms with Gasteiger partial charge in [0, 0.05) is 25.6 Å². The molecule has 0 unspecified atom stereocenters. The molecule has 0 radical (unpaired) electrons. The highest BCUT2D eigenvalue weighted by atomic mass is 32.2. The number of nitrogens with zero attached hydrogens (tertiary/aromatic N) is 2. The second kappa shape index (κ2) is 7.86. The van der Waals surface area contributed by atoms with Crippen molar-refractivity contribution in [2.75, 3.05) is 13.6 Å². The molecule has 9 heteroatoms. The Bertz CT molecular complexity index is 833. The Labute approximate surface area is 153 Å². The first kappa shape index (κ1) is 19.9. The fraction of sp³-hybridized carbons (Fsp3) is 0.471. The van der Waals surface area contributed by atoms with Gasteiger partial charge in [0.15, 0.2) is 0 Å². The summed E-state index contributed by atoms with van der Waals surface area (Å²) in [5.41, 5.74) is 0.546. The van der Waals surface area contributed by atoms with Gasteiger partial charge in [-0.1, -0.05) is 26.0 Å². The van der Waals surface area contributed by atoms with Gasteiger partial charge in [-0.05, 0) is 24.5 Å². The third-order valence-corrected chi connectivity index (χ3v) is 5.45. The number of carbonyl (C=O) groups excluding carboxylic acids is 1. The number of fused-ring (bicyclic) bond motifs is 1. The van der Waals surface area contributed by atoms with Crippen LogP contribution in [-0.4, -0.2) is 55.8 Å². The summed E-state index contributed by atoms with van der Waals surface area (Å²) in [5, 5.41) is 11.6. The minimum atomic E-state index is -3.67. The quantitative estimate of drug-likeness (QED) is 0.730. The number of nitrogens with one attached hydrogen (secondary N) is 1. The van der Waals surface area contributed by atoms with E-state index < -0.39 is 22.0 Å². The van der Waals surface area contributed by atoms with Gasteiger partial charge in [-0.15, -0.1) is 4.40 Å². The third-order valence-electron chi connectivity index (χ3n) is 4.12. The summed E-state index contributed by atoms with van der Waals surface area (Å²) in [6, 6.07) is 5.68. The van der Waals surface area contributed by atoms with Crippen molar-refractivity contribution in [2.24, 2.45) is 10.3 Å². The first-order valence-corrected chi connectivity index (χ1v) is 9.75. The van der Waals surface area contributed by atoms with Gasteiger partial charge in [-0.25, -0.2) is 4.79 Å². The van der Waals surface area contributed by atoms with Crippen molar-refractivity contribution in [3.8, 4) is 0 Å². The largest absolute Gasteiger partial charge is 0.480 e. The van der Waals surface area contributed by atoms with E-state index in [1.54, 1.807) is 44.0 Å². The van der Waals surface area contributed by atoms with Gasteiger partial charge < -0.3 is 15.3 Å². The van der Waals surface area contributed by atoms with Gasteiger partial charge in [0.25, 0.3) is 10.0 Å². The van der Waals surface area contributed by atoms with E-state index in [0.29, 0.717) is 24.4 Å². The number of amides is 1. The standard InChI is InChI=1S/C17H23N3O5S/c1-11(2)15(17(22)23)18-14(21)9-6-10-20(3)16-12-7-4-5-8-13(12)26(24,25)19-16/h4-5,7-8,11,15H,6,9-10H2,1-3H3,(H,18,21)(H,22,23)/t15-/m0/s1. The Morgan fingerprint density at radius 1 is 1.27 bits per heavy atom. The molecule has 1 amide bonds. The molecule has 2 rings (SSSR count). The molecule has 0 fully saturated rings. The number of benzene rings is 1. The number of rotatable bonds is 7. The zero-order valence-corrected chi connectivity index (χ0v) is 15.8. The van der Waals surface area contributed by atoms with Crippen molar-refractivity contribution in [2.45, 2.75) is 37.6 Å². The highest BCUT2D eigenvalue weighted by Gasteiger charge is 2.30. The second-order valence-electron chi connectivity index (χ2n) is 6.54. The molecule has 1 heterocycles. The third kappa shape index (κ3) is 4.40. The Morgan fingerprint density at radius 3 is 2.54 bits per heavy atom. The van der Waals surface area contributed by atoms with Crippen LogP contribution in [0.2, 0.25) is 0 Å². The predicted molar refractivity (Wildman–Crippen MR) is 96.4 cm³/mol. The molecule has 1 aromatic rings. The van der Waals surface area contributed by atoms with E-state index >= 15 is 0 Å². The van der Waals surface area contributed by atoms with Crippen LogP contribution in [0.15, 0.2) is 33.6 Å². The van der Waals surface area contributed by atoms with Gasteiger partial charge in [0.05, 0.1) is 0 Å². The van der Waals surface area contributed by atoms with Crippen LogP contribution in [0.4, 0.5) is 0 Å². The van der Waals surface area contributed by atoms with Crippen LogP contribution < -0.4 is 5.32 Å². The number of hydrogen-bond acceptors (Lipinski definition) is 5. The van der Waals surface area contributed by atoms with Crippen molar-refractivity contribution < 1.29 is 23.1 Å². The zero-order valence-electron chi connectivity index (χ0n) is 15.0. The van der Waals surface area contributed by atoms with Gasteiger partial charge in [0.2, 0.25) is 5.91 Å². The van der Waals surface area contributed by atoms with Crippen LogP contribution in [0.5, 0.6) is 0 Å². The molecule has 142 valence electrons. The van der Waals surface area contributed by atoms with Gasteiger partial charge in [-0.2, -0.15) is 8.42 Å². The lowest BCUT2D eigenvalue weighted by Gasteiger charge is -2.20. The molecule has 1 aliphatic heterocycles. The van der Waals surface area contributed by atoms with Crippen molar-refractivity contribution in [3.63, 3.8) is 0 Å². The number of carbonyl (C=O) groups is 2. The van der Waals surface area contributed by atoms with Crippen molar-refractivity contribution in [1.29, 1.82) is 0 Å². The number of carboxylic acid groups (broad SMARTS) is 1. The van der Waals surface area contributed by atoms with Gasteiger partial charge in [0.1, 0.15) is 16.8 Å². The lowest BCUT2D eigenvalue weighted by molar-refractivity contribution is -0.143. The zero-order chi connectivity index (χ0) is 19.5. The molecule has 0 aromatic heterocycles. The molecular formula is C17H23N3O5S. The average Bonchev–Trinajstić information content (AvgIpc) is 2.84. The number of hydrogen-bond donors (Lipinski definition) is 2. The summed E-state index contributed by atoms with van der Waals surface area (Å²) in [7, 11) is -1.96. The number of aliphatic carboxylic acids is 1. The molecule has 0 aliphatic carbocycles. The number of carboxylic acids is 1. The van der Waals surface area contributed by atoms with Crippen molar-refractivity contribution in [3.05, 3.63) is 29.8 Å². The Hall–Kier alpha value is -2.42. The minimum absolute atomic E-state index is 0.141. The smallest absolute Gasteiger partial charge is 0.326 e. The van der Waals surface area contributed by atoms with Crippen LogP contribution in [0.3, 0.4) is 0 Å². The first-order valence-electron chi connectivity index (χ1n) is 8.31. The van der Waals surface area contributed by atoms with Crippen LogP contribution in [-0.2, 0) is 19.6 Å². The van der Waals surface area contributed by atoms with E-state index in [-0.39, 0.29) is 23.1 Å². The van der Waals surface area contributed by atoms with E-state index in [9.17, 15) is 18.0 Å². The maximum atomic E-state index is 12.1. The molecule has 0 saturated heterocycles. The molecular weight excluding hydrogens is 358 g/mol. The summed E-state index contributed by atoms with van der Waals surface area (Å²) in [6.07, 6.45) is 0.580. The molecule has 0 bridgehead atoms. The summed E-state index contributed by atoms with van der Waals surface area (Å²) in [4.78, 5) is 24.9. The molecule has 2 N–H and O–H groups in total. The molecule has 8 nitrogen and oxygen atoms in total. The predicted octanol–water partition coefficient (Wildman–Crippen LogP) is 1.07. The molecule has 0 spiro atoms. The Morgan fingerprint density at radius 2 is 1.92 bits per heavy atom. The van der Waals surface area contributed by atoms with Crippen LogP contribution >= 0.6 is 0 Å². The first-order chi connectivity index (χ1) is 12.1. The Kier molecular flexibility index (Phi) is 6.01. The normalized spacial score (nSPS) is 15.9. The minimum Gasteiger partial charge on any atom is -0.480 e. The summed E-state index contributed by atoms with van der Waals surface area (Å²) < 4.78 is 27.9. The Balaban J connectivity index is 1.93. The summed E-state index contributed by atoms with van der Waals surface area (Å²) >= 11 is 0. The van der Waals surface area contributed by atoms with E-state index in [1.165, 1.54) is 6.07 Å². The maximum absolute atomic E-state index is 12.1. The monoisotopic (exact) mass is 381 g/mol.